The van der Waals surface area contributed by atoms with Gasteiger partial charge >= 0.3 is 0 Å². The van der Waals surface area contributed by atoms with Gasteiger partial charge in [-0.15, -0.1) is 5.10 Å². The van der Waals surface area contributed by atoms with E-state index >= 15 is 0 Å². The predicted octanol–water partition coefficient (Wildman–Crippen LogP) is 4.88. The SMILES string of the molecule is Cc1cc(Br)ccc1-c1ccc(CNCCSc2nnnn2-c2ccccc2)o1. The Morgan fingerprint density at radius 1 is 1.10 bits per heavy atom. The van der Waals surface area contributed by atoms with Crippen LogP contribution >= 0.6 is 27.7 Å². The summed E-state index contributed by atoms with van der Waals surface area (Å²) in [7, 11) is 0. The van der Waals surface area contributed by atoms with Gasteiger partial charge < -0.3 is 9.73 Å². The Labute approximate surface area is 181 Å². The molecular weight excluding hydrogens is 450 g/mol. The third-order valence-corrected chi connectivity index (χ3v) is 5.78. The summed E-state index contributed by atoms with van der Waals surface area (Å²) in [6.45, 7) is 3.58. The van der Waals surface area contributed by atoms with E-state index in [4.69, 9.17) is 4.42 Å². The van der Waals surface area contributed by atoms with Crippen LogP contribution in [0.15, 0.2) is 74.7 Å². The van der Waals surface area contributed by atoms with Gasteiger partial charge in [-0.05, 0) is 65.4 Å². The normalized spacial score (nSPS) is 11.1. The van der Waals surface area contributed by atoms with Crippen molar-refractivity contribution >= 4 is 27.7 Å². The topological polar surface area (TPSA) is 68.8 Å². The molecule has 0 saturated heterocycles. The van der Waals surface area contributed by atoms with Crippen molar-refractivity contribution in [2.75, 3.05) is 12.3 Å². The van der Waals surface area contributed by atoms with Gasteiger partial charge in [0.2, 0.25) is 5.16 Å². The second-order valence-corrected chi connectivity index (χ2v) is 8.44. The molecule has 0 aliphatic carbocycles. The van der Waals surface area contributed by atoms with Crippen LogP contribution in [-0.2, 0) is 6.54 Å². The summed E-state index contributed by atoms with van der Waals surface area (Å²) in [6, 6.07) is 20.1. The van der Waals surface area contributed by atoms with Crippen molar-refractivity contribution in [2.45, 2.75) is 18.6 Å². The fourth-order valence-corrected chi connectivity index (χ4v) is 4.21. The number of thioether (sulfide) groups is 1. The average Bonchev–Trinajstić information content (AvgIpc) is 3.38. The Morgan fingerprint density at radius 2 is 1.97 bits per heavy atom. The Morgan fingerprint density at radius 3 is 2.79 bits per heavy atom. The third-order valence-electron chi connectivity index (χ3n) is 4.37. The molecule has 0 aliphatic rings. The molecule has 4 aromatic rings. The van der Waals surface area contributed by atoms with E-state index in [-0.39, 0.29) is 0 Å². The number of furan rings is 1. The Bertz CT molecular complexity index is 1080. The zero-order valence-corrected chi connectivity index (χ0v) is 18.3. The standard InChI is InChI=1S/C21H20BrN5OS/c1-15-13-16(22)7-9-19(15)20-10-8-18(28-20)14-23-11-12-29-21-24-25-26-27(21)17-5-3-2-4-6-17/h2-10,13,23H,11-12,14H2,1H3. The van der Waals surface area contributed by atoms with Crippen molar-refractivity contribution < 1.29 is 4.42 Å². The number of rotatable bonds is 8. The van der Waals surface area contributed by atoms with Gasteiger partial charge in [0.1, 0.15) is 11.5 Å². The van der Waals surface area contributed by atoms with Crippen molar-refractivity contribution in [1.29, 1.82) is 0 Å². The highest BCUT2D eigenvalue weighted by Crippen LogP contribution is 2.27. The fraction of sp³-hybridized carbons (Fsp3) is 0.190. The molecular formula is C21H20BrN5OS. The predicted molar refractivity (Wildman–Crippen MR) is 118 cm³/mol. The molecule has 0 bridgehead atoms. The minimum absolute atomic E-state index is 0.680. The smallest absolute Gasteiger partial charge is 0.214 e. The molecule has 29 heavy (non-hydrogen) atoms. The molecule has 0 saturated carbocycles. The molecule has 0 aliphatic heterocycles. The van der Waals surface area contributed by atoms with Crippen molar-refractivity contribution in [2.24, 2.45) is 0 Å². The third kappa shape index (κ3) is 4.95. The summed E-state index contributed by atoms with van der Waals surface area (Å²) >= 11 is 5.12. The summed E-state index contributed by atoms with van der Waals surface area (Å²) in [5, 5.41) is 16.2. The second-order valence-electron chi connectivity index (χ2n) is 6.46. The van der Waals surface area contributed by atoms with E-state index in [1.165, 1.54) is 5.56 Å². The van der Waals surface area contributed by atoms with Crippen LogP contribution in [0.2, 0.25) is 0 Å². The number of hydrogen-bond acceptors (Lipinski definition) is 6. The number of aryl methyl sites for hydroxylation is 1. The summed E-state index contributed by atoms with van der Waals surface area (Å²) in [6.07, 6.45) is 0. The molecule has 148 valence electrons. The van der Waals surface area contributed by atoms with Crippen LogP contribution in [0.25, 0.3) is 17.0 Å². The van der Waals surface area contributed by atoms with Crippen LogP contribution in [0.1, 0.15) is 11.3 Å². The van der Waals surface area contributed by atoms with Gasteiger partial charge in [-0.25, -0.2) is 0 Å². The zero-order chi connectivity index (χ0) is 20.1. The van der Waals surface area contributed by atoms with Gasteiger partial charge in [-0.1, -0.05) is 45.9 Å². The first-order valence-corrected chi connectivity index (χ1v) is 11.0. The number of tetrazole rings is 1. The molecule has 0 radical (unpaired) electrons. The number of halogens is 1. The number of hydrogen-bond donors (Lipinski definition) is 1. The van der Waals surface area contributed by atoms with Gasteiger partial charge in [0.05, 0.1) is 12.2 Å². The minimum Gasteiger partial charge on any atom is -0.460 e. The van der Waals surface area contributed by atoms with E-state index in [1.807, 2.05) is 48.5 Å². The molecule has 8 heteroatoms. The molecule has 0 spiro atoms. The molecule has 2 aromatic carbocycles. The molecule has 4 rings (SSSR count). The largest absolute Gasteiger partial charge is 0.460 e. The Kier molecular flexibility index (Phi) is 6.43. The number of para-hydroxylation sites is 1. The van der Waals surface area contributed by atoms with Gasteiger partial charge in [-0.2, -0.15) is 4.68 Å². The maximum Gasteiger partial charge on any atom is 0.214 e. The summed E-state index contributed by atoms with van der Waals surface area (Å²) in [5.74, 6) is 2.66. The van der Waals surface area contributed by atoms with E-state index in [2.05, 4.69) is 55.8 Å². The number of nitrogens with one attached hydrogen (secondary N) is 1. The number of nitrogens with zero attached hydrogens (tertiary/aromatic N) is 4. The lowest BCUT2D eigenvalue weighted by Crippen LogP contribution is -2.16. The van der Waals surface area contributed by atoms with E-state index < -0.39 is 0 Å². The maximum atomic E-state index is 6.00. The van der Waals surface area contributed by atoms with E-state index in [9.17, 15) is 0 Å². The maximum absolute atomic E-state index is 6.00. The molecule has 1 N–H and O–H groups in total. The molecule has 0 unspecified atom stereocenters. The molecule has 6 nitrogen and oxygen atoms in total. The van der Waals surface area contributed by atoms with Crippen molar-refractivity contribution in [3.8, 4) is 17.0 Å². The molecule has 2 heterocycles. The number of aromatic nitrogens is 4. The quantitative estimate of drug-likeness (QED) is 0.293. The zero-order valence-electron chi connectivity index (χ0n) is 15.9. The molecule has 2 aromatic heterocycles. The van der Waals surface area contributed by atoms with Crippen LogP contribution in [0.3, 0.4) is 0 Å². The molecule has 0 atom stereocenters. The highest BCUT2D eigenvalue weighted by atomic mass is 79.9. The van der Waals surface area contributed by atoms with Crippen LogP contribution in [-0.4, -0.2) is 32.5 Å². The first kappa shape index (κ1) is 19.9. The second kappa shape index (κ2) is 9.39. The Balaban J connectivity index is 1.27. The van der Waals surface area contributed by atoms with Crippen LogP contribution in [0.4, 0.5) is 0 Å². The highest BCUT2D eigenvalue weighted by Gasteiger charge is 2.09. The summed E-state index contributed by atoms with van der Waals surface area (Å²) in [5.41, 5.74) is 3.25. The lowest BCUT2D eigenvalue weighted by atomic mass is 10.1. The van der Waals surface area contributed by atoms with Crippen LogP contribution in [0, 0.1) is 6.92 Å². The highest BCUT2D eigenvalue weighted by molar-refractivity contribution is 9.10. The van der Waals surface area contributed by atoms with E-state index in [0.717, 1.165) is 44.7 Å². The average molecular weight is 470 g/mol. The van der Waals surface area contributed by atoms with Gasteiger partial charge in [0.15, 0.2) is 0 Å². The lowest BCUT2D eigenvalue weighted by molar-refractivity contribution is 0.499. The van der Waals surface area contributed by atoms with E-state index in [1.54, 1.807) is 16.4 Å². The molecule has 0 amide bonds. The monoisotopic (exact) mass is 469 g/mol. The fourth-order valence-electron chi connectivity index (χ4n) is 2.95. The van der Waals surface area contributed by atoms with Crippen LogP contribution in [0.5, 0.6) is 0 Å². The van der Waals surface area contributed by atoms with Gasteiger partial charge in [0, 0.05) is 22.3 Å². The van der Waals surface area contributed by atoms with Crippen LogP contribution < -0.4 is 5.32 Å². The first-order valence-electron chi connectivity index (χ1n) is 9.23. The lowest BCUT2D eigenvalue weighted by Gasteiger charge is -2.05. The van der Waals surface area contributed by atoms with Gasteiger partial charge in [0.25, 0.3) is 0 Å². The summed E-state index contributed by atoms with van der Waals surface area (Å²) < 4.78 is 8.82. The number of benzene rings is 2. The minimum atomic E-state index is 0.680. The Hall–Kier alpha value is -2.42. The van der Waals surface area contributed by atoms with Crippen molar-refractivity contribution in [3.05, 3.63) is 76.5 Å². The van der Waals surface area contributed by atoms with E-state index in [0.29, 0.717) is 6.54 Å². The van der Waals surface area contributed by atoms with Gasteiger partial charge in [-0.3, -0.25) is 0 Å². The van der Waals surface area contributed by atoms with Crippen molar-refractivity contribution in [3.63, 3.8) is 0 Å². The first-order chi connectivity index (χ1) is 14.2. The molecule has 0 fully saturated rings. The van der Waals surface area contributed by atoms with Crippen molar-refractivity contribution in [1.82, 2.24) is 25.5 Å². The summed E-state index contributed by atoms with van der Waals surface area (Å²) in [4.78, 5) is 0.